The number of nitrogens with one attached hydrogen (secondary N) is 1. The lowest BCUT2D eigenvalue weighted by atomic mass is 10.1. The molecule has 0 aromatic carbocycles. The van der Waals surface area contributed by atoms with Gasteiger partial charge in [0, 0.05) is 38.8 Å². The molecule has 122 valence electrons. The van der Waals surface area contributed by atoms with Gasteiger partial charge in [0.25, 0.3) is 5.91 Å². The molecule has 1 N–H and O–H groups in total. The van der Waals surface area contributed by atoms with Crippen LogP contribution in [0.1, 0.15) is 25.7 Å². The van der Waals surface area contributed by atoms with E-state index in [-0.39, 0.29) is 12.5 Å². The number of amides is 2. The van der Waals surface area contributed by atoms with Crippen molar-refractivity contribution in [1.82, 2.24) is 15.1 Å². The van der Waals surface area contributed by atoms with E-state index in [2.05, 4.69) is 10.2 Å². The summed E-state index contributed by atoms with van der Waals surface area (Å²) >= 11 is 0. The maximum absolute atomic E-state index is 12.1. The van der Waals surface area contributed by atoms with Crippen molar-refractivity contribution in [3.05, 3.63) is 0 Å². The van der Waals surface area contributed by atoms with Crippen molar-refractivity contribution >= 4 is 17.6 Å². The molecule has 0 radical (unpaired) electrons. The standard InChI is InChI=1S/C15H23N3O4/c19-13(18-7-5-17(6-8-18)11-3-4-11)10-16-15(21)14(20)12-2-1-9-22-12/h11-12H,1-10H2,(H,16,21). The molecule has 7 heteroatoms. The van der Waals surface area contributed by atoms with Crippen LogP contribution >= 0.6 is 0 Å². The predicted octanol–water partition coefficient (Wildman–Crippen LogP) is -0.843. The summed E-state index contributed by atoms with van der Waals surface area (Å²) in [5.41, 5.74) is 0. The van der Waals surface area contributed by atoms with E-state index >= 15 is 0 Å². The molecule has 0 aromatic heterocycles. The lowest BCUT2D eigenvalue weighted by Gasteiger charge is -2.34. The minimum atomic E-state index is -0.711. The first-order valence-electron chi connectivity index (χ1n) is 8.10. The lowest BCUT2D eigenvalue weighted by Crippen LogP contribution is -2.52. The highest BCUT2D eigenvalue weighted by Gasteiger charge is 2.33. The van der Waals surface area contributed by atoms with Gasteiger partial charge in [0.15, 0.2) is 0 Å². The SMILES string of the molecule is O=C(NCC(=O)N1CCN(C2CC2)CC1)C(=O)C1CCCO1. The summed E-state index contributed by atoms with van der Waals surface area (Å²) in [5, 5.41) is 2.43. The highest BCUT2D eigenvalue weighted by Crippen LogP contribution is 2.27. The van der Waals surface area contributed by atoms with Crippen molar-refractivity contribution < 1.29 is 19.1 Å². The van der Waals surface area contributed by atoms with E-state index in [1.165, 1.54) is 12.8 Å². The van der Waals surface area contributed by atoms with E-state index in [4.69, 9.17) is 4.74 Å². The molecule has 7 nitrogen and oxygen atoms in total. The highest BCUT2D eigenvalue weighted by molar-refractivity contribution is 6.38. The van der Waals surface area contributed by atoms with Crippen LogP contribution in [0.2, 0.25) is 0 Å². The van der Waals surface area contributed by atoms with Crippen molar-refractivity contribution in [2.45, 2.75) is 37.8 Å². The van der Waals surface area contributed by atoms with Gasteiger partial charge in [-0.25, -0.2) is 0 Å². The van der Waals surface area contributed by atoms with Gasteiger partial charge in [-0.3, -0.25) is 19.3 Å². The Balaban J connectivity index is 1.38. The number of nitrogens with zero attached hydrogens (tertiary/aromatic N) is 2. The van der Waals surface area contributed by atoms with E-state index < -0.39 is 17.8 Å². The Morgan fingerprint density at radius 2 is 1.77 bits per heavy atom. The Hall–Kier alpha value is -1.47. The van der Waals surface area contributed by atoms with E-state index in [1.807, 2.05) is 0 Å². The summed E-state index contributed by atoms with van der Waals surface area (Å²) in [6.45, 7) is 3.61. The molecule has 1 unspecified atom stereocenters. The van der Waals surface area contributed by atoms with Crippen LogP contribution in [0.15, 0.2) is 0 Å². The Bertz CT molecular complexity index is 450. The Morgan fingerprint density at radius 1 is 1.05 bits per heavy atom. The second-order valence-corrected chi connectivity index (χ2v) is 6.20. The third kappa shape index (κ3) is 3.64. The molecule has 3 rings (SSSR count). The summed E-state index contributed by atoms with van der Waals surface area (Å²) in [4.78, 5) is 39.8. The number of ether oxygens (including phenoxy) is 1. The Kier molecular flexibility index (Phi) is 4.73. The van der Waals surface area contributed by atoms with Gasteiger partial charge in [0.2, 0.25) is 11.7 Å². The largest absolute Gasteiger partial charge is 0.370 e. The van der Waals surface area contributed by atoms with Crippen molar-refractivity contribution in [1.29, 1.82) is 0 Å². The fourth-order valence-corrected chi connectivity index (χ4v) is 3.06. The molecule has 22 heavy (non-hydrogen) atoms. The topological polar surface area (TPSA) is 79.0 Å². The molecule has 1 atom stereocenters. The van der Waals surface area contributed by atoms with E-state index in [0.29, 0.717) is 26.1 Å². The van der Waals surface area contributed by atoms with Crippen LogP contribution in [-0.4, -0.2) is 78.9 Å². The summed E-state index contributed by atoms with van der Waals surface area (Å²) in [5.74, 6) is -1.40. The smallest absolute Gasteiger partial charge is 0.290 e. The first-order valence-corrected chi connectivity index (χ1v) is 8.10. The van der Waals surface area contributed by atoms with Crippen molar-refractivity contribution in [3.8, 4) is 0 Å². The Morgan fingerprint density at radius 3 is 2.36 bits per heavy atom. The zero-order valence-electron chi connectivity index (χ0n) is 12.8. The molecule has 2 heterocycles. The number of carbonyl (C=O) groups is 3. The van der Waals surface area contributed by atoms with Gasteiger partial charge in [0.1, 0.15) is 6.10 Å². The molecule has 2 saturated heterocycles. The van der Waals surface area contributed by atoms with Crippen LogP contribution in [-0.2, 0) is 19.1 Å². The average Bonchev–Trinajstić information content (AvgIpc) is 3.26. The first kappa shape index (κ1) is 15.4. The van der Waals surface area contributed by atoms with Crippen molar-refractivity contribution in [3.63, 3.8) is 0 Å². The van der Waals surface area contributed by atoms with Crippen LogP contribution in [0, 0.1) is 0 Å². The van der Waals surface area contributed by atoms with E-state index in [9.17, 15) is 14.4 Å². The normalized spacial score (nSPS) is 26.0. The molecule has 1 saturated carbocycles. The number of ketones is 1. The van der Waals surface area contributed by atoms with E-state index in [1.54, 1.807) is 4.90 Å². The molecular weight excluding hydrogens is 286 g/mol. The molecule has 3 fully saturated rings. The quantitative estimate of drug-likeness (QED) is 0.670. The maximum atomic E-state index is 12.1. The minimum Gasteiger partial charge on any atom is -0.370 e. The summed E-state index contributed by atoms with van der Waals surface area (Å²) in [6.07, 6.45) is 3.30. The van der Waals surface area contributed by atoms with Crippen LogP contribution in [0.3, 0.4) is 0 Å². The average molecular weight is 309 g/mol. The molecule has 0 aromatic rings. The fourth-order valence-electron chi connectivity index (χ4n) is 3.06. The van der Waals surface area contributed by atoms with Gasteiger partial charge in [-0.1, -0.05) is 0 Å². The minimum absolute atomic E-state index is 0.110. The van der Waals surface area contributed by atoms with Gasteiger partial charge in [-0.15, -0.1) is 0 Å². The van der Waals surface area contributed by atoms with Gasteiger partial charge in [0.05, 0.1) is 6.54 Å². The highest BCUT2D eigenvalue weighted by atomic mass is 16.5. The summed E-state index contributed by atoms with van der Waals surface area (Å²) in [7, 11) is 0. The number of rotatable bonds is 5. The van der Waals surface area contributed by atoms with Gasteiger partial charge >= 0.3 is 0 Å². The van der Waals surface area contributed by atoms with Gasteiger partial charge in [-0.05, 0) is 25.7 Å². The zero-order chi connectivity index (χ0) is 15.5. The number of hydrogen-bond acceptors (Lipinski definition) is 5. The van der Waals surface area contributed by atoms with Crippen LogP contribution in [0.5, 0.6) is 0 Å². The van der Waals surface area contributed by atoms with Crippen molar-refractivity contribution in [2.24, 2.45) is 0 Å². The summed E-state index contributed by atoms with van der Waals surface area (Å²) < 4.78 is 5.19. The van der Waals surface area contributed by atoms with Crippen molar-refractivity contribution in [2.75, 3.05) is 39.3 Å². The molecule has 2 aliphatic heterocycles. The molecule has 0 spiro atoms. The second-order valence-electron chi connectivity index (χ2n) is 6.20. The molecule has 1 aliphatic carbocycles. The van der Waals surface area contributed by atoms with Crippen LogP contribution in [0.4, 0.5) is 0 Å². The van der Waals surface area contributed by atoms with Gasteiger partial charge < -0.3 is 15.0 Å². The first-order chi connectivity index (χ1) is 10.6. The third-order valence-electron chi connectivity index (χ3n) is 4.58. The second kappa shape index (κ2) is 6.75. The molecular formula is C15H23N3O4. The van der Waals surface area contributed by atoms with Crippen LogP contribution < -0.4 is 5.32 Å². The number of Topliss-reactive ketones (excluding diaryl/α,β-unsaturated/α-hetero) is 1. The number of carbonyl (C=O) groups excluding carboxylic acids is 3. The zero-order valence-corrected chi connectivity index (χ0v) is 12.8. The Labute approximate surface area is 129 Å². The predicted molar refractivity (Wildman–Crippen MR) is 78.2 cm³/mol. The maximum Gasteiger partial charge on any atom is 0.290 e. The lowest BCUT2D eigenvalue weighted by molar-refractivity contribution is -0.144. The van der Waals surface area contributed by atoms with E-state index in [0.717, 1.165) is 25.6 Å². The third-order valence-corrected chi connectivity index (χ3v) is 4.58. The fraction of sp³-hybridized carbons (Fsp3) is 0.800. The van der Waals surface area contributed by atoms with Crippen LogP contribution in [0.25, 0.3) is 0 Å². The number of piperazine rings is 1. The summed E-state index contributed by atoms with van der Waals surface area (Å²) in [6, 6.07) is 0.723. The van der Waals surface area contributed by atoms with Gasteiger partial charge in [-0.2, -0.15) is 0 Å². The molecule has 2 amide bonds. The monoisotopic (exact) mass is 309 g/mol. The molecule has 0 bridgehead atoms. The number of hydrogen-bond donors (Lipinski definition) is 1. The molecule has 3 aliphatic rings.